The SMILES string of the molecule is COc1cc(Cl)cc2cc(C(=O)C3=C(O)C(=O)N(Cc4cccs4)C3c3ccco3)oc12. The number of thiophene rings is 1. The molecule has 0 fully saturated rings. The number of fused-ring (bicyclic) bond motifs is 1. The predicted octanol–water partition coefficient (Wildman–Crippen LogP) is 5.53. The zero-order chi connectivity index (χ0) is 22.4. The fourth-order valence-electron chi connectivity index (χ4n) is 3.84. The molecule has 5 rings (SSSR count). The van der Waals surface area contributed by atoms with Gasteiger partial charge in [0.1, 0.15) is 11.8 Å². The van der Waals surface area contributed by atoms with Gasteiger partial charge < -0.3 is 23.6 Å². The number of Topliss-reactive ketones (excluding diaryl/α,β-unsaturated/α-hetero) is 1. The van der Waals surface area contributed by atoms with Crippen molar-refractivity contribution in [3.05, 3.63) is 86.9 Å². The second kappa shape index (κ2) is 7.89. The van der Waals surface area contributed by atoms with Gasteiger partial charge in [0.25, 0.3) is 5.91 Å². The van der Waals surface area contributed by atoms with Gasteiger partial charge in [0.05, 0.1) is 25.5 Å². The van der Waals surface area contributed by atoms with Gasteiger partial charge in [0.2, 0.25) is 5.78 Å². The molecule has 1 N–H and O–H groups in total. The van der Waals surface area contributed by atoms with Gasteiger partial charge in [-0.3, -0.25) is 9.59 Å². The minimum atomic E-state index is -0.897. The number of hydrogen-bond donors (Lipinski definition) is 1. The molecule has 0 aliphatic carbocycles. The molecule has 1 aliphatic heterocycles. The number of ether oxygens (including phenoxy) is 1. The Kier molecular flexibility index (Phi) is 5.03. The Balaban J connectivity index is 1.59. The highest BCUT2D eigenvalue weighted by atomic mass is 35.5. The van der Waals surface area contributed by atoms with Gasteiger partial charge in [-0.05, 0) is 35.7 Å². The van der Waals surface area contributed by atoms with E-state index in [2.05, 4.69) is 0 Å². The molecule has 3 aromatic heterocycles. The molecule has 7 nitrogen and oxygen atoms in total. The smallest absolute Gasteiger partial charge is 0.290 e. The fraction of sp³-hybridized carbons (Fsp3) is 0.130. The Labute approximate surface area is 191 Å². The van der Waals surface area contributed by atoms with Crippen LogP contribution in [-0.2, 0) is 11.3 Å². The number of nitrogens with zero attached hydrogens (tertiary/aromatic N) is 1. The summed E-state index contributed by atoms with van der Waals surface area (Å²) in [6.45, 7) is 0.215. The largest absolute Gasteiger partial charge is 0.503 e. The number of benzene rings is 1. The molecule has 0 saturated heterocycles. The Morgan fingerprint density at radius 1 is 1.28 bits per heavy atom. The average Bonchev–Trinajstić information content (AvgIpc) is 3.57. The van der Waals surface area contributed by atoms with E-state index in [4.69, 9.17) is 25.2 Å². The van der Waals surface area contributed by atoms with Gasteiger partial charge >= 0.3 is 0 Å². The van der Waals surface area contributed by atoms with Gasteiger partial charge in [-0.25, -0.2) is 0 Å². The van der Waals surface area contributed by atoms with Gasteiger partial charge in [-0.15, -0.1) is 11.3 Å². The number of aliphatic hydroxyl groups is 1. The van der Waals surface area contributed by atoms with Crippen molar-refractivity contribution >= 4 is 45.6 Å². The molecule has 0 spiro atoms. The number of aliphatic hydroxyl groups excluding tert-OH is 1. The molecule has 1 amide bonds. The summed E-state index contributed by atoms with van der Waals surface area (Å²) >= 11 is 7.59. The van der Waals surface area contributed by atoms with Crippen molar-refractivity contribution in [3.8, 4) is 5.75 Å². The van der Waals surface area contributed by atoms with Crippen LogP contribution in [0.1, 0.15) is 27.2 Å². The van der Waals surface area contributed by atoms with Gasteiger partial charge in [-0.2, -0.15) is 0 Å². The van der Waals surface area contributed by atoms with Crippen LogP contribution in [0.5, 0.6) is 5.75 Å². The summed E-state index contributed by atoms with van der Waals surface area (Å²) in [6, 6.07) is 10.9. The fourth-order valence-corrected chi connectivity index (χ4v) is 4.76. The highest BCUT2D eigenvalue weighted by molar-refractivity contribution is 7.09. The molecule has 4 aromatic rings. The van der Waals surface area contributed by atoms with E-state index in [0.29, 0.717) is 27.5 Å². The number of hydrogen-bond acceptors (Lipinski definition) is 7. The Bertz CT molecular complexity index is 1350. The number of halogens is 1. The van der Waals surface area contributed by atoms with Crippen molar-refractivity contribution in [2.45, 2.75) is 12.6 Å². The number of carbonyl (C=O) groups excluding carboxylic acids is 2. The van der Waals surface area contributed by atoms with Crippen LogP contribution >= 0.6 is 22.9 Å². The van der Waals surface area contributed by atoms with Crippen LogP contribution in [0.15, 0.2) is 74.3 Å². The van der Waals surface area contributed by atoms with E-state index < -0.39 is 23.5 Å². The van der Waals surface area contributed by atoms with Crippen LogP contribution in [0.4, 0.5) is 0 Å². The van der Waals surface area contributed by atoms with Gasteiger partial charge in [0.15, 0.2) is 22.9 Å². The number of methoxy groups -OCH3 is 1. The molecule has 1 aromatic carbocycles. The minimum absolute atomic E-state index is 0.0514. The number of rotatable bonds is 6. The van der Waals surface area contributed by atoms with Crippen LogP contribution in [0.2, 0.25) is 5.02 Å². The quantitative estimate of drug-likeness (QED) is 0.373. The molecule has 4 heterocycles. The first-order valence-corrected chi connectivity index (χ1v) is 10.9. The lowest BCUT2D eigenvalue weighted by molar-refractivity contribution is -0.130. The summed E-state index contributed by atoms with van der Waals surface area (Å²) in [5, 5.41) is 13.6. The van der Waals surface area contributed by atoms with Crippen molar-refractivity contribution in [1.82, 2.24) is 4.90 Å². The summed E-state index contributed by atoms with van der Waals surface area (Å²) < 4.78 is 16.6. The van der Waals surface area contributed by atoms with E-state index in [1.54, 1.807) is 24.3 Å². The lowest BCUT2D eigenvalue weighted by Crippen LogP contribution is -2.30. The van der Waals surface area contributed by atoms with Gasteiger partial charge in [0, 0.05) is 21.4 Å². The predicted molar refractivity (Wildman–Crippen MR) is 118 cm³/mol. The first kappa shape index (κ1) is 20.4. The van der Waals surface area contributed by atoms with Crippen molar-refractivity contribution in [3.63, 3.8) is 0 Å². The summed E-state index contributed by atoms with van der Waals surface area (Å²) in [5.41, 5.74) is 0.236. The van der Waals surface area contributed by atoms with Gasteiger partial charge in [-0.1, -0.05) is 17.7 Å². The third kappa shape index (κ3) is 3.28. The molecule has 0 bridgehead atoms. The zero-order valence-electron chi connectivity index (χ0n) is 16.7. The van der Waals surface area contributed by atoms with Crippen LogP contribution in [0, 0.1) is 0 Å². The molecule has 0 radical (unpaired) electrons. The summed E-state index contributed by atoms with van der Waals surface area (Å²) in [4.78, 5) is 28.8. The zero-order valence-corrected chi connectivity index (χ0v) is 18.3. The van der Waals surface area contributed by atoms with Crippen molar-refractivity contribution in [1.29, 1.82) is 0 Å². The topological polar surface area (TPSA) is 93.1 Å². The molecule has 0 saturated carbocycles. The number of carbonyl (C=O) groups is 2. The molecule has 1 atom stereocenters. The van der Waals surface area contributed by atoms with E-state index in [1.807, 2.05) is 17.5 Å². The van der Waals surface area contributed by atoms with Crippen molar-refractivity contribution < 1.29 is 28.3 Å². The van der Waals surface area contributed by atoms with Crippen LogP contribution in [0.25, 0.3) is 11.0 Å². The number of ketones is 1. The Morgan fingerprint density at radius 3 is 2.81 bits per heavy atom. The lowest BCUT2D eigenvalue weighted by Gasteiger charge is -2.24. The van der Waals surface area contributed by atoms with Crippen LogP contribution < -0.4 is 4.74 Å². The highest BCUT2D eigenvalue weighted by Crippen LogP contribution is 2.41. The van der Waals surface area contributed by atoms with E-state index in [-0.39, 0.29) is 17.9 Å². The van der Waals surface area contributed by atoms with E-state index in [1.165, 1.54) is 35.7 Å². The van der Waals surface area contributed by atoms with Crippen molar-refractivity contribution in [2.24, 2.45) is 0 Å². The van der Waals surface area contributed by atoms with Crippen LogP contribution in [-0.4, -0.2) is 28.8 Å². The molecular formula is C23H16ClNO6S. The van der Waals surface area contributed by atoms with E-state index >= 15 is 0 Å². The maximum Gasteiger partial charge on any atom is 0.290 e. The summed E-state index contributed by atoms with van der Waals surface area (Å²) in [7, 11) is 1.47. The van der Waals surface area contributed by atoms with Crippen molar-refractivity contribution in [2.75, 3.05) is 7.11 Å². The molecule has 32 heavy (non-hydrogen) atoms. The summed E-state index contributed by atoms with van der Waals surface area (Å²) in [5.74, 6) is -1.23. The molecule has 1 aliphatic rings. The minimum Gasteiger partial charge on any atom is -0.503 e. The normalized spacial score (nSPS) is 16.4. The summed E-state index contributed by atoms with van der Waals surface area (Å²) in [6.07, 6.45) is 1.45. The molecular weight excluding hydrogens is 454 g/mol. The van der Waals surface area contributed by atoms with Crippen LogP contribution in [0.3, 0.4) is 0 Å². The number of amides is 1. The second-order valence-electron chi connectivity index (χ2n) is 7.16. The first-order valence-electron chi connectivity index (χ1n) is 9.59. The average molecular weight is 470 g/mol. The third-order valence-electron chi connectivity index (χ3n) is 5.26. The Morgan fingerprint density at radius 2 is 2.12 bits per heavy atom. The van der Waals surface area contributed by atoms with E-state index in [0.717, 1.165) is 4.88 Å². The monoisotopic (exact) mass is 469 g/mol. The maximum atomic E-state index is 13.5. The molecule has 9 heteroatoms. The number of furan rings is 2. The van der Waals surface area contributed by atoms with E-state index in [9.17, 15) is 14.7 Å². The lowest BCUT2D eigenvalue weighted by atomic mass is 9.99. The first-order chi connectivity index (χ1) is 15.5. The third-order valence-corrected chi connectivity index (χ3v) is 6.34. The highest BCUT2D eigenvalue weighted by Gasteiger charge is 2.46. The standard InChI is InChI=1S/C23H16ClNO6S/c1-29-17-10-13(24)8-12-9-16(31-22(12)17)20(26)18-19(15-5-2-6-30-15)25(23(28)21(18)27)11-14-4-3-7-32-14/h2-10,19,27H,11H2,1H3. The Hall–Kier alpha value is -3.49. The maximum absolute atomic E-state index is 13.5. The molecule has 1 unspecified atom stereocenters. The second-order valence-corrected chi connectivity index (χ2v) is 8.63. The molecule has 162 valence electrons.